The second-order valence-corrected chi connectivity index (χ2v) is 18.1. The van der Waals surface area contributed by atoms with Crippen LogP contribution >= 0.6 is 0 Å². The number of rotatable bonds is 13. The van der Waals surface area contributed by atoms with Gasteiger partial charge in [0.25, 0.3) is 0 Å². The average molecular weight is 858 g/mol. The van der Waals surface area contributed by atoms with Gasteiger partial charge in [0.05, 0.1) is 36.1 Å². The molecule has 4 aliphatic heterocycles. The number of amides is 3. The number of unbranched alkanes of at least 4 members (excludes halogenated alkanes) is 1. The SMILES string of the molecule is COC(=O)NC(C(=O)N1CCCC1c1ncc(-c2ccc3c(c2)C(C)(C)c2ccc(-c4ccc5nc(CCCCNC(=O)CC6CCOCC6)[nH]c5c4)cc2O3)[nH]1)C1CCOCC1. The minimum Gasteiger partial charge on any atom is -0.457 e. The van der Waals surface area contributed by atoms with E-state index < -0.39 is 12.1 Å². The van der Waals surface area contributed by atoms with Crippen molar-refractivity contribution >= 4 is 28.9 Å². The number of imidazole rings is 2. The van der Waals surface area contributed by atoms with Gasteiger partial charge in [0.15, 0.2) is 0 Å². The van der Waals surface area contributed by atoms with E-state index in [0.29, 0.717) is 51.5 Å². The lowest BCUT2D eigenvalue weighted by Gasteiger charge is -2.35. The van der Waals surface area contributed by atoms with Crippen LogP contribution in [0.4, 0.5) is 4.79 Å². The minimum absolute atomic E-state index is 0.0287. The topological polar surface area (TPSA) is 173 Å². The first kappa shape index (κ1) is 42.6. The molecule has 0 aliphatic carbocycles. The first-order chi connectivity index (χ1) is 30.6. The molecule has 5 aromatic rings. The Morgan fingerprint density at radius 1 is 0.873 bits per heavy atom. The highest BCUT2D eigenvalue weighted by Gasteiger charge is 2.40. The molecule has 9 rings (SSSR count). The Morgan fingerprint density at radius 2 is 1.63 bits per heavy atom. The molecule has 332 valence electrons. The van der Waals surface area contributed by atoms with E-state index in [0.717, 1.165) is 126 Å². The van der Waals surface area contributed by atoms with E-state index >= 15 is 0 Å². The fraction of sp³-hybridized carbons (Fsp3) is 0.490. The minimum atomic E-state index is -0.687. The smallest absolute Gasteiger partial charge is 0.407 e. The molecule has 4 N–H and O–H groups in total. The van der Waals surface area contributed by atoms with Gasteiger partial charge < -0.3 is 44.4 Å². The van der Waals surface area contributed by atoms with Gasteiger partial charge in [0.2, 0.25) is 11.8 Å². The molecule has 2 atom stereocenters. The van der Waals surface area contributed by atoms with Gasteiger partial charge in [-0.05, 0) is 111 Å². The lowest BCUT2D eigenvalue weighted by molar-refractivity contribution is -0.136. The summed E-state index contributed by atoms with van der Waals surface area (Å²) in [7, 11) is 1.32. The van der Waals surface area contributed by atoms with Crippen molar-refractivity contribution in [3.8, 4) is 33.9 Å². The fourth-order valence-corrected chi connectivity index (χ4v) is 9.89. The van der Waals surface area contributed by atoms with Crippen molar-refractivity contribution in [1.29, 1.82) is 0 Å². The quantitative estimate of drug-likeness (QED) is 0.0854. The number of aromatic amines is 2. The maximum atomic E-state index is 14.1. The van der Waals surface area contributed by atoms with Crippen LogP contribution in [0.1, 0.15) is 100 Å². The molecule has 63 heavy (non-hydrogen) atoms. The number of H-pyrrole nitrogens is 2. The summed E-state index contributed by atoms with van der Waals surface area (Å²) >= 11 is 0. The zero-order chi connectivity index (χ0) is 43.5. The maximum Gasteiger partial charge on any atom is 0.407 e. The molecule has 0 saturated carbocycles. The Balaban J connectivity index is 0.848. The van der Waals surface area contributed by atoms with Crippen LogP contribution in [0.5, 0.6) is 11.5 Å². The van der Waals surface area contributed by atoms with Crippen molar-refractivity contribution in [1.82, 2.24) is 35.5 Å². The van der Waals surface area contributed by atoms with E-state index in [9.17, 15) is 14.4 Å². The van der Waals surface area contributed by atoms with Crippen molar-refractivity contribution in [2.24, 2.45) is 11.8 Å². The third-order valence-electron chi connectivity index (χ3n) is 13.6. The third kappa shape index (κ3) is 9.19. The van der Waals surface area contributed by atoms with Crippen LogP contribution in [-0.2, 0) is 35.6 Å². The van der Waals surface area contributed by atoms with Gasteiger partial charge in [0.1, 0.15) is 29.2 Å². The number of benzene rings is 3. The highest BCUT2D eigenvalue weighted by atomic mass is 16.5. The Morgan fingerprint density at radius 3 is 2.44 bits per heavy atom. The van der Waals surface area contributed by atoms with Gasteiger partial charge in [-0.3, -0.25) is 9.59 Å². The third-order valence-corrected chi connectivity index (χ3v) is 13.6. The van der Waals surface area contributed by atoms with Crippen molar-refractivity contribution in [2.45, 2.75) is 95.6 Å². The van der Waals surface area contributed by atoms with Gasteiger partial charge >= 0.3 is 6.09 Å². The van der Waals surface area contributed by atoms with Crippen LogP contribution < -0.4 is 15.4 Å². The van der Waals surface area contributed by atoms with Crippen molar-refractivity contribution in [2.75, 3.05) is 46.6 Å². The lowest BCUT2D eigenvalue weighted by Crippen LogP contribution is -2.53. The Hall–Kier alpha value is -5.73. The van der Waals surface area contributed by atoms with Crippen molar-refractivity contribution < 1.29 is 33.3 Å². The van der Waals surface area contributed by atoms with Gasteiger partial charge in [-0.1, -0.05) is 32.0 Å². The standard InChI is InChI=1S/C49H59N7O7/c1-49(2)35-12-9-33(32-10-13-37-38(27-32)53-43(52-37)8-4-5-19-50-44(57)25-30-15-21-61-22-16-30)28-42(35)63-41-14-11-34(26-36(41)49)39-29-51-46(54-39)40-7-6-20-56(40)47(58)45(55-48(59)60-3)31-17-23-62-24-18-31/h9-14,26-31,40,45H,4-8,15-25H2,1-3H3,(H,50,57)(H,51,54)(H,52,53)(H,55,59). The fourth-order valence-electron chi connectivity index (χ4n) is 9.89. The van der Waals surface area contributed by atoms with Crippen LogP contribution in [0.2, 0.25) is 0 Å². The molecule has 4 aliphatic rings. The van der Waals surface area contributed by atoms with Crippen LogP contribution in [0.15, 0.2) is 60.8 Å². The second-order valence-electron chi connectivity index (χ2n) is 18.1. The molecule has 3 saturated heterocycles. The number of aromatic nitrogens is 4. The van der Waals surface area contributed by atoms with Gasteiger partial charge in [-0.2, -0.15) is 0 Å². The molecule has 3 aromatic carbocycles. The summed E-state index contributed by atoms with van der Waals surface area (Å²) in [6, 6.07) is 18.1. The number of aryl methyl sites for hydroxylation is 1. The number of hydrogen-bond acceptors (Lipinski definition) is 9. The van der Waals surface area contributed by atoms with Gasteiger partial charge in [-0.15, -0.1) is 0 Å². The maximum absolute atomic E-state index is 14.1. The van der Waals surface area contributed by atoms with Crippen molar-refractivity contribution in [3.05, 3.63) is 83.6 Å². The zero-order valence-electron chi connectivity index (χ0n) is 36.6. The normalized spacial score (nSPS) is 19.2. The van der Waals surface area contributed by atoms with Crippen LogP contribution in [0.3, 0.4) is 0 Å². The number of ether oxygens (including phenoxy) is 4. The first-order valence-electron chi connectivity index (χ1n) is 22.7. The number of carbonyl (C=O) groups excluding carboxylic acids is 3. The molecule has 3 amide bonds. The highest BCUT2D eigenvalue weighted by molar-refractivity contribution is 5.87. The predicted molar refractivity (Wildman–Crippen MR) is 238 cm³/mol. The highest BCUT2D eigenvalue weighted by Crippen LogP contribution is 2.50. The molecule has 3 fully saturated rings. The molecule has 0 bridgehead atoms. The number of hydrogen-bond donors (Lipinski definition) is 4. The van der Waals surface area contributed by atoms with E-state index in [-0.39, 0.29) is 29.2 Å². The lowest BCUT2D eigenvalue weighted by atomic mass is 9.75. The number of fused-ring (bicyclic) bond motifs is 3. The summed E-state index contributed by atoms with van der Waals surface area (Å²) in [6.45, 7) is 8.38. The number of alkyl carbamates (subject to hydrolysis) is 1. The average Bonchev–Trinajstić information content (AvgIpc) is 4.09. The number of nitrogens with zero attached hydrogens (tertiary/aromatic N) is 3. The molecule has 0 radical (unpaired) electrons. The summed E-state index contributed by atoms with van der Waals surface area (Å²) in [4.78, 5) is 57.4. The molecule has 0 spiro atoms. The molecular weight excluding hydrogens is 799 g/mol. The summed E-state index contributed by atoms with van der Waals surface area (Å²) in [5.41, 5.74) is 7.73. The molecule has 14 nitrogen and oxygen atoms in total. The summed E-state index contributed by atoms with van der Waals surface area (Å²) in [5.74, 6) is 3.77. The van der Waals surface area contributed by atoms with Crippen LogP contribution in [0, 0.1) is 11.8 Å². The molecular formula is C49H59N7O7. The van der Waals surface area contributed by atoms with E-state index in [2.05, 4.69) is 76.9 Å². The van der Waals surface area contributed by atoms with E-state index in [1.807, 2.05) is 23.2 Å². The molecule has 6 heterocycles. The summed E-state index contributed by atoms with van der Waals surface area (Å²) in [6.07, 6.45) is 9.45. The van der Waals surface area contributed by atoms with E-state index in [1.54, 1.807) is 0 Å². The first-order valence-corrected chi connectivity index (χ1v) is 22.7. The molecule has 2 unspecified atom stereocenters. The number of methoxy groups -OCH3 is 1. The number of nitrogens with one attached hydrogen (secondary N) is 4. The largest absolute Gasteiger partial charge is 0.457 e. The summed E-state index contributed by atoms with van der Waals surface area (Å²) in [5, 5.41) is 5.92. The van der Waals surface area contributed by atoms with Crippen LogP contribution in [0.25, 0.3) is 33.4 Å². The molecule has 14 heteroatoms. The monoisotopic (exact) mass is 857 g/mol. The number of likely N-dealkylation sites (tertiary alicyclic amines) is 1. The second kappa shape index (κ2) is 18.5. The Bertz CT molecular complexity index is 2450. The predicted octanol–water partition coefficient (Wildman–Crippen LogP) is 8.12. The van der Waals surface area contributed by atoms with E-state index in [4.69, 9.17) is 28.9 Å². The Labute approximate surface area is 368 Å². The van der Waals surface area contributed by atoms with Gasteiger partial charge in [0, 0.05) is 74.5 Å². The number of carbonyl (C=O) groups is 3. The van der Waals surface area contributed by atoms with Gasteiger partial charge in [-0.25, -0.2) is 14.8 Å². The summed E-state index contributed by atoms with van der Waals surface area (Å²) < 4.78 is 22.5. The van der Waals surface area contributed by atoms with E-state index in [1.165, 1.54) is 7.11 Å². The molecule has 2 aromatic heterocycles. The van der Waals surface area contributed by atoms with Crippen LogP contribution in [-0.4, -0.2) is 95.4 Å². The Kier molecular flexibility index (Phi) is 12.5. The zero-order valence-corrected chi connectivity index (χ0v) is 36.6. The van der Waals surface area contributed by atoms with Crippen molar-refractivity contribution in [3.63, 3.8) is 0 Å².